The molecule has 0 amide bonds. The van der Waals surface area contributed by atoms with Gasteiger partial charge in [0.1, 0.15) is 29.6 Å². The molecule has 162 valence electrons. The summed E-state index contributed by atoms with van der Waals surface area (Å²) in [6.07, 6.45) is 0.592. The van der Waals surface area contributed by atoms with Crippen molar-refractivity contribution < 1.29 is 24.2 Å². The predicted octanol–water partition coefficient (Wildman–Crippen LogP) is 5.61. The van der Waals surface area contributed by atoms with E-state index in [-0.39, 0.29) is 18.8 Å². The van der Waals surface area contributed by atoms with Gasteiger partial charge < -0.3 is 14.6 Å². The third kappa shape index (κ3) is 5.15. The van der Waals surface area contributed by atoms with Gasteiger partial charge in [-0.2, -0.15) is 0 Å². The zero-order chi connectivity index (χ0) is 22.3. The van der Waals surface area contributed by atoms with E-state index in [9.17, 15) is 9.59 Å². The Labute approximate surface area is 189 Å². The number of carboxylic acid groups (broad SMARTS) is 1. The number of thiophene rings is 1. The van der Waals surface area contributed by atoms with Gasteiger partial charge in [0.25, 0.3) is 0 Å². The van der Waals surface area contributed by atoms with Gasteiger partial charge in [-0.15, -0.1) is 11.3 Å². The number of hydrogen-bond donors (Lipinski definition) is 1. The molecule has 0 saturated carbocycles. The van der Waals surface area contributed by atoms with Crippen LogP contribution >= 0.6 is 11.3 Å². The summed E-state index contributed by atoms with van der Waals surface area (Å²) in [5, 5.41) is 9.69. The summed E-state index contributed by atoms with van der Waals surface area (Å²) in [7, 11) is 0. The van der Waals surface area contributed by atoms with Crippen LogP contribution in [0, 0.1) is 0 Å². The minimum Gasteiger partial charge on any atom is -0.490 e. The Bertz CT molecular complexity index is 1210. The van der Waals surface area contributed by atoms with Crippen molar-refractivity contribution in [3.8, 4) is 11.5 Å². The zero-order valence-corrected chi connectivity index (χ0v) is 18.1. The molecule has 0 unspecified atom stereocenters. The number of carboxylic acids is 1. The first-order chi connectivity index (χ1) is 15.6. The van der Waals surface area contributed by atoms with Crippen LogP contribution in [0.25, 0.3) is 10.1 Å². The van der Waals surface area contributed by atoms with E-state index in [0.29, 0.717) is 35.0 Å². The van der Waals surface area contributed by atoms with Crippen LogP contribution < -0.4 is 9.47 Å². The first-order valence-electron chi connectivity index (χ1n) is 10.3. The maximum Gasteiger partial charge on any atom is 0.303 e. The molecule has 0 saturated heterocycles. The van der Waals surface area contributed by atoms with Crippen molar-refractivity contribution >= 4 is 33.2 Å². The highest BCUT2D eigenvalue weighted by atomic mass is 32.1. The number of ketones is 1. The topological polar surface area (TPSA) is 72.8 Å². The fourth-order valence-corrected chi connectivity index (χ4v) is 4.45. The normalized spacial score (nSPS) is 10.8. The van der Waals surface area contributed by atoms with Crippen LogP contribution in [0.2, 0.25) is 0 Å². The molecule has 5 nitrogen and oxygen atoms in total. The molecule has 0 atom stereocenters. The van der Waals surface area contributed by atoms with Crippen LogP contribution in [0.3, 0.4) is 0 Å². The number of aliphatic carboxylic acids is 1. The minimum absolute atomic E-state index is 0.0559. The van der Waals surface area contributed by atoms with Gasteiger partial charge in [0.2, 0.25) is 5.78 Å². The molecule has 0 fully saturated rings. The highest BCUT2D eigenvalue weighted by Crippen LogP contribution is 2.39. The van der Waals surface area contributed by atoms with E-state index in [2.05, 4.69) is 0 Å². The number of fused-ring (bicyclic) bond motifs is 1. The summed E-state index contributed by atoms with van der Waals surface area (Å²) in [6, 6.07) is 24.4. The number of hydrogen-bond acceptors (Lipinski definition) is 5. The smallest absolute Gasteiger partial charge is 0.303 e. The number of benzene rings is 3. The second-order valence-corrected chi connectivity index (χ2v) is 8.24. The SMILES string of the molecule is O=C(O)CCc1ccc(OCCOc2c(C(=O)c3ccccc3)sc3ccccc23)cc1. The molecule has 0 radical (unpaired) electrons. The molecule has 3 aromatic carbocycles. The summed E-state index contributed by atoms with van der Waals surface area (Å²) in [5.41, 5.74) is 1.58. The Morgan fingerprint density at radius 1 is 0.812 bits per heavy atom. The largest absolute Gasteiger partial charge is 0.490 e. The van der Waals surface area contributed by atoms with Crippen molar-refractivity contribution in [2.24, 2.45) is 0 Å². The van der Waals surface area contributed by atoms with E-state index in [0.717, 1.165) is 15.6 Å². The fraction of sp³-hybridized carbons (Fsp3) is 0.154. The molecule has 0 aliphatic rings. The zero-order valence-electron chi connectivity index (χ0n) is 17.3. The Morgan fingerprint density at radius 2 is 1.50 bits per heavy atom. The molecule has 1 aromatic heterocycles. The third-order valence-corrected chi connectivity index (χ3v) is 6.09. The van der Waals surface area contributed by atoms with Gasteiger partial charge in [-0.1, -0.05) is 54.6 Å². The second-order valence-electron chi connectivity index (χ2n) is 7.19. The van der Waals surface area contributed by atoms with Crippen LogP contribution in [0.1, 0.15) is 27.2 Å². The van der Waals surface area contributed by atoms with Crippen LogP contribution in [0.15, 0.2) is 78.9 Å². The monoisotopic (exact) mass is 446 g/mol. The molecule has 4 rings (SSSR count). The van der Waals surface area contributed by atoms with Crippen LogP contribution in [0.4, 0.5) is 0 Å². The Hall–Kier alpha value is -3.64. The molecule has 6 heteroatoms. The van der Waals surface area contributed by atoms with Gasteiger partial charge in [0.05, 0.1) is 0 Å². The minimum atomic E-state index is -0.812. The van der Waals surface area contributed by atoms with Gasteiger partial charge in [-0.25, -0.2) is 0 Å². The quantitative estimate of drug-likeness (QED) is 0.253. The summed E-state index contributed by atoms with van der Waals surface area (Å²) >= 11 is 1.43. The van der Waals surface area contributed by atoms with Gasteiger partial charge in [0.15, 0.2) is 0 Å². The summed E-state index contributed by atoms with van der Waals surface area (Å²) < 4.78 is 12.8. The molecule has 4 aromatic rings. The van der Waals surface area contributed by atoms with Crippen molar-refractivity contribution in [1.82, 2.24) is 0 Å². The first-order valence-corrected chi connectivity index (χ1v) is 11.1. The van der Waals surface area contributed by atoms with Gasteiger partial charge in [0, 0.05) is 22.1 Å². The average Bonchev–Trinajstić information content (AvgIpc) is 3.20. The van der Waals surface area contributed by atoms with E-state index in [1.165, 1.54) is 11.3 Å². The maximum atomic E-state index is 13.1. The average molecular weight is 447 g/mol. The van der Waals surface area contributed by atoms with Crippen molar-refractivity contribution in [1.29, 1.82) is 0 Å². The first kappa shape index (κ1) is 21.6. The summed E-state index contributed by atoms with van der Waals surface area (Å²) in [5.74, 6) is 0.406. The van der Waals surface area contributed by atoms with Crippen molar-refractivity contribution in [3.05, 3.63) is 94.9 Å². The van der Waals surface area contributed by atoms with E-state index in [1.807, 2.05) is 66.7 Å². The van der Waals surface area contributed by atoms with Crippen molar-refractivity contribution in [3.63, 3.8) is 0 Å². The number of aryl methyl sites for hydroxylation is 1. The fourth-order valence-electron chi connectivity index (χ4n) is 3.34. The van der Waals surface area contributed by atoms with Gasteiger partial charge in [-0.05, 0) is 36.2 Å². The maximum absolute atomic E-state index is 13.1. The number of rotatable bonds is 10. The lowest BCUT2D eigenvalue weighted by molar-refractivity contribution is -0.136. The van der Waals surface area contributed by atoms with E-state index >= 15 is 0 Å². The van der Waals surface area contributed by atoms with Crippen LogP contribution in [-0.2, 0) is 11.2 Å². The highest BCUT2D eigenvalue weighted by molar-refractivity contribution is 7.21. The molecular weight excluding hydrogens is 424 g/mol. The molecule has 0 aliphatic heterocycles. The Balaban J connectivity index is 1.42. The van der Waals surface area contributed by atoms with E-state index in [4.69, 9.17) is 14.6 Å². The lowest BCUT2D eigenvalue weighted by atomic mass is 10.1. The lowest BCUT2D eigenvalue weighted by Crippen LogP contribution is -2.10. The molecular formula is C26H22O5S. The van der Waals surface area contributed by atoms with E-state index in [1.54, 1.807) is 12.1 Å². The Morgan fingerprint density at radius 3 is 2.25 bits per heavy atom. The Kier molecular flexibility index (Phi) is 6.82. The second kappa shape index (κ2) is 10.1. The van der Waals surface area contributed by atoms with Crippen LogP contribution in [0.5, 0.6) is 11.5 Å². The van der Waals surface area contributed by atoms with E-state index < -0.39 is 5.97 Å². The number of ether oxygens (including phenoxy) is 2. The number of carbonyl (C=O) groups excluding carboxylic acids is 1. The molecule has 1 N–H and O–H groups in total. The van der Waals surface area contributed by atoms with Crippen LogP contribution in [-0.4, -0.2) is 30.1 Å². The summed E-state index contributed by atoms with van der Waals surface area (Å²) in [6.45, 7) is 0.605. The molecule has 0 aliphatic carbocycles. The van der Waals surface area contributed by atoms with Crippen molar-refractivity contribution in [2.75, 3.05) is 13.2 Å². The van der Waals surface area contributed by atoms with Gasteiger partial charge >= 0.3 is 5.97 Å². The molecule has 1 heterocycles. The number of carbonyl (C=O) groups is 2. The molecule has 0 spiro atoms. The molecule has 0 bridgehead atoms. The predicted molar refractivity (Wildman–Crippen MR) is 125 cm³/mol. The molecule has 32 heavy (non-hydrogen) atoms. The third-order valence-electron chi connectivity index (χ3n) is 4.94. The summed E-state index contributed by atoms with van der Waals surface area (Å²) in [4.78, 5) is 24.3. The van der Waals surface area contributed by atoms with Crippen molar-refractivity contribution in [2.45, 2.75) is 12.8 Å². The highest BCUT2D eigenvalue weighted by Gasteiger charge is 2.21. The lowest BCUT2D eigenvalue weighted by Gasteiger charge is -2.10. The standard InChI is InChI=1S/C26H22O5S/c27-23(28)15-12-18-10-13-20(14-11-18)30-16-17-31-25-21-8-4-5-9-22(21)32-26(25)24(29)19-6-2-1-3-7-19/h1-11,13-14H,12,15-17H2,(H,27,28). The van der Waals surface area contributed by atoms with Gasteiger partial charge in [-0.3, -0.25) is 9.59 Å².